The molecular weight excluding hydrogens is 274 g/mol. The second-order valence-corrected chi connectivity index (χ2v) is 5.05. The quantitative estimate of drug-likeness (QED) is 0.629. The third-order valence-corrected chi connectivity index (χ3v) is 3.42. The Morgan fingerprint density at radius 1 is 1.15 bits per heavy atom. The van der Waals surface area contributed by atoms with Crippen LogP contribution in [0.5, 0.6) is 5.75 Å². The van der Waals surface area contributed by atoms with Gasteiger partial charge in [0.05, 0.1) is 19.6 Å². The van der Waals surface area contributed by atoms with Crippen LogP contribution in [0.25, 0.3) is 0 Å². The molecule has 0 aliphatic heterocycles. The van der Waals surface area contributed by atoms with Gasteiger partial charge in [0.2, 0.25) is 0 Å². The van der Waals surface area contributed by atoms with Crippen LogP contribution in [0.3, 0.4) is 0 Å². The fourth-order valence-electron chi connectivity index (χ4n) is 1.61. The second kappa shape index (κ2) is 7.55. The first-order chi connectivity index (χ1) is 9.74. The third-order valence-electron chi connectivity index (χ3n) is 2.69. The molecule has 0 aliphatic carbocycles. The summed E-state index contributed by atoms with van der Waals surface area (Å²) in [6, 6.07) is 9.10. The Kier molecular flexibility index (Phi) is 5.43. The molecule has 1 heterocycles. The highest BCUT2D eigenvalue weighted by Crippen LogP contribution is 2.13. The maximum atomic E-state index is 11.5. The molecule has 0 saturated heterocycles. The van der Waals surface area contributed by atoms with Crippen LogP contribution in [-0.4, -0.2) is 19.2 Å². The molecule has 0 atom stereocenters. The van der Waals surface area contributed by atoms with E-state index in [2.05, 4.69) is 5.38 Å². The molecular formula is C15H17NO3S. The minimum absolute atomic E-state index is 0.240. The lowest BCUT2D eigenvalue weighted by Gasteiger charge is -2.07. The van der Waals surface area contributed by atoms with Crippen LogP contribution >= 0.6 is 11.3 Å². The second-order valence-electron chi connectivity index (χ2n) is 4.27. The van der Waals surface area contributed by atoms with Gasteiger partial charge < -0.3 is 15.2 Å². The third kappa shape index (κ3) is 4.93. The van der Waals surface area contributed by atoms with Gasteiger partial charge in [0, 0.05) is 12.1 Å². The summed E-state index contributed by atoms with van der Waals surface area (Å²) in [5.41, 5.74) is 7.45. The van der Waals surface area contributed by atoms with Crippen LogP contribution in [0.1, 0.15) is 12.0 Å². The van der Waals surface area contributed by atoms with Gasteiger partial charge in [-0.1, -0.05) is 0 Å². The molecule has 4 nitrogen and oxygen atoms in total. The van der Waals surface area contributed by atoms with Crippen molar-refractivity contribution in [3.8, 4) is 5.75 Å². The topological polar surface area (TPSA) is 61.5 Å². The van der Waals surface area contributed by atoms with Gasteiger partial charge in [-0.15, -0.1) is 0 Å². The molecule has 5 heteroatoms. The number of hydrogen-bond donors (Lipinski definition) is 1. The number of nitrogen functional groups attached to an aromatic ring is 1. The van der Waals surface area contributed by atoms with E-state index in [0.29, 0.717) is 24.7 Å². The summed E-state index contributed by atoms with van der Waals surface area (Å²) in [6.45, 7) is 0.721. The maximum Gasteiger partial charge on any atom is 0.309 e. The average molecular weight is 291 g/mol. The van der Waals surface area contributed by atoms with Gasteiger partial charge in [-0.25, -0.2) is 0 Å². The molecule has 0 bridgehead atoms. The lowest BCUT2D eigenvalue weighted by atomic mass is 10.3. The number of anilines is 1. The first-order valence-corrected chi connectivity index (χ1v) is 7.33. The molecule has 20 heavy (non-hydrogen) atoms. The normalized spacial score (nSPS) is 10.2. The molecule has 0 radical (unpaired) electrons. The minimum Gasteiger partial charge on any atom is -0.493 e. The highest BCUT2D eigenvalue weighted by Gasteiger charge is 2.04. The van der Waals surface area contributed by atoms with Crippen LogP contribution in [0.15, 0.2) is 41.1 Å². The molecule has 0 fully saturated rings. The van der Waals surface area contributed by atoms with Crippen LogP contribution in [0, 0.1) is 0 Å². The number of hydrogen-bond acceptors (Lipinski definition) is 5. The monoisotopic (exact) mass is 291 g/mol. The number of carbonyl (C=O) groups excluding carboxylic acids is 1. The van der Waals surface area contributed by atoms with Crippen molar-refractivity contribution < 1.29 is 14.3 Å². The molecule has 0 unspecified atom stereocenters. The van der Waals surface area contributed by atoms with Crippen molar-refractivity contribution >= 4 is 23.0 Å². The van der Waals surface area contributed by atoms with Crippen LogP contribution in [0.4, 0.5) is 5.69 Å². The van der Waals surface area contributed by atoms with E-state index in [1.165, 1.54) is 5.56 Å². The van der Waals surface area contributed by atoms with E-state index in [9.17, 15) is 4.79 Å². The molecule has 1 aromatic heterocycles. The van der Waals surface area contributed by atoms with Gasteiger partial charge in [0.1, 0.15) is 5.75 Å². The van der Waals surface area contributed by atoms with Crippen molar-refractivity contribution in [3.05, 3.63) is 46.7 Å². The molecule has 106 valence electrons. The molecule has 0 spiro atoms. The van der Waals surface area contributed by atoms with E-state index in [1.807, 2.05) is 11.4 Å². The summed E-state index contributed by atoms with van der Waals surface area (Å²) in [4.78, 5) is 11.5. The van der Waals surface area contributed by atoms with Gasteiger partial charge in [-0.2, -0.15) is 11.3 Å². The Bertz CT molecular complexity index is 523. The summed E-state index contributed by atoms with van der Waals surface area (Å²) in [5, 5.41) is 4.07. The largest absolute Gasteiger partial charge is 0.493 e. The smallest absolute Gasteiger partial charge is 0.309 e. The first kappa shape index (κ1) is 14.4. The number of rotatable bonds is 7. The Labute approximate surface area is 122 Å². The number of carbonyl (C=O) groups is 1. The molecule has 2 rings (SSSR count). The molecule has 1 aromatic carbocycles. The fraction of sp³-hybridized carbons (Fsp3) is 0.267. The summed E-state index contributed by atoms with van der Waals surface area (Å²) in [5.74, 6) is 0.459. The van der Waals surface area contributed by atoms with Crippen LogP contribution < -0.4 is 10.5 Å². The summed E-state index contributed by atoms with van der Waals surface area (Å²) < 4.78 is 10.6. The standard InChI is InChI=1S/C15H17NO3S/c16-13-1-3-14(4-2-13)18-9-6-15(17)19-8-5-12-7-10-20-11-12/h1-4,7,10-11H,5-6,8-9,16H2. The zero-order valence-corrected chi connectivity index (χ0v) is 11.9. The van der Waals surface area contributed by atoms with Gasteiger partial charge in [-0.3, -0.25) is 4.79 Å². The van der Waals surface area contributed by atoms with E-state index in [1.54, 1.807) is 35.6 Å². The highest BCUT2D eigenvalue weighted by atomic mass is 32.1. The molecule has 0 amide bonds. The van der Waals surface area contributed by atoms with Crippen molar-refractivity contribution in [2.75, 3.05) is 18.9 Å². The Balaban J connectivity index is 1.59. The van der Waals surface area contributed by atoms with Crippen LogP contribution in [0.2, 0.25) is 0 Å². The van der Waals surface area contributed by atoms with E-state index in [-0.39, 0.29) is 12.4 Å². The lowest BCUT2D eigenvalue weighted by Crippen LogP contribution is -2.11. The van der Waals surface area contributed by atoms with Gasteiger partial charge in [0.25, 0.3) is 0 Å². The number of thiophene rings is 1. The van der Waals surface area contributed by atoms with Crippen molar-refractivity contribution in [3.63, 3.8) is 0 Å². The molecule has 2 N–H and O–H groups in total. The predicted octanol–water partition coefficient (Wildman–Crippen LogP) is 2.89. The average Bonchev–Trinajstić information content (AvgIpc) is 2.94. The predicted molar refractivity (Wildman–Crippen MR) is 79.9 cm³/mol. The van der Waals surface area contributed by atoms with Gasteiger partial charge >= 0.3 is 5.97 Å². The fourth-order valence-corrected chi connectivity index (χ4v) is 2.31. The number of esters is 1. The van der Waals surface area contributed by atoms with E-state index in [0.717, 1.165) is 6.42 Å². The zero-order chi connectivity index (χ0) is 14.2. The Morgan fingerprint density at radius 2 is 1.95 bits per heavy atom. The van der Waals surface area contributed by atoms with Crippen molar-refractivity contribution in [2.24, 2.45) is 0 Å². The molecule has 2 aromatic rings. The number of ether oxygens (including phenoxy) is 2. The lowest BCUT2D eigenvalue weighted by molar-refractivity contribution is -0.144. The number of nitrogens with two attached hydrogens (primary N) is 1. The highest BCUT2D eigenvalue weighted by molar-refractivity contribution is 7.07. The summed E-state index contributed by atoms with van der Waals surface area (Å²) in [6.07, 6.45) is 1.00. The Morgan fingerprint density at radius 3 is 2.65 bits per heavy atom. The molecule has 0 aliphatic rings. The zero-order valence-electron chi connectivity index (χ0n) is 11.1. The van der Waals surface area contributed by atoms with E-state index < -0.39 is 0 Å². The van der Waals surface area contributed by atoms with Gasteiger partial charge in [-0.05, 0) is 46.7 Å². The van der Waals surface area contributed by atoms with Crippen LogP contribution in [-0.2, 0) is 16.0 Å². The number of benzene rings is 1. The van der Waals surface area contributed by atoms with Gasteiger partial charge in [0.15, 0.2) is 0 Å². The molecule has 0 saturated carbocycles. The first-order valence-electron chi connectivity index (χ1n) is 6.39. The summed E-state index contributed by atoms with van der Waals surface area (Å²) >= 11 is 1.64. The minimum atomic E-state index is -0.240. The maximum absolute atomic E-state index is 11.5. The van der Waals surface area contributed by atoms with E-state index >= 15 is 0 Å². The van der Waals surface area contributed by atoms with E-state index in [4.69, 9.17) is 15.2 Å². The SMILES string of the molecule is Nc1ccc(OCCC(=O)OCCc2ccsc2)cc1. The summed E-state index contributed by atoms with van der Waals surface area (Å²) in [7, 11) is 0. The van der Waals surface area contributed by atoms with Crippen molar-refractivity contribution in [1.82, 2.24) is 0 Å². The van der Waals surface area contributed by atoms with Crippen molar-refractivity contribution in [2.45, 2.75) is 12.8 Å². The Hall–Kier alpha value is -2.01. The van der Waals surface area contributed by atoms with Crippen molar-refractivity contribution in [1.29, 1.82) is 0 Å².